The highest BCUT2D eigenvalue weighted by atomic mass is 32.1. The number of phenolic OH excluding ortho intramolecular Hbond substituents is 1. The van der Waals surface area contributed by atoms with E-state index >= 15 is 0 Å². The average Bonchev–Trinajstić information content (AvgIpc) is 2.32. The fourth-order valence-corrected chi connectivity index (χ4v) is 1.64. The molecular weight excluding hydrogens is 234 g/mol. The molecule has 2 rings (SSSR count). The first-order valence-electron chi connectivity index (χ1n) is 5.05. The van der Waals surface area contributed by atoms with Crippen LogP contribution in [0.3, 0.4) is 0 Å². The van der Waals surface area contributed by atoms with Gasteiger partial charge in [0.1, 0.15) is 5.75 Å². The van der Waals surface area contributed by atoms with Gasteiger partial charge in [0.05, 0.1) is 5.69 Å². The van der Waals surface area contributed by atoms with E-state index < -0.39 is 0 Å². The van der Waals surface area contributed by atoms with Crippen molar-refractivity contribution in [3.63, 3.8) is 0 Å². The standard InChI is InChI=1S/C13H11NO2S/c15-10-5-3-4-9(8-10)13(16)14-11-6-1-2-7-12(11)17/h1-8,15,17H,(H,14,16). The molecule has 0 heterocycles. The lowest BCUT2D eigenvalue weighted by atomic mass is 10.2. The smallest absolute Gasteiger partial charge is 0.255 e. The Morgan fingerprint density at radius 2 is 1.88 bits per heavy atom. The number of hydrogen-bond donors (Lipinski definition) is 3. The molecule has 0 radical (unpaired) electrons. The highest BCUT2D eigenvalue weighted by Gasteiger charge is 2.07. The summed E-state index contributed by atoms with van der Waals surface area (Å²) in [6.45, 7) is 0. The van der Waals surface area contributed by atoms with Crippen molar-refractivity contribution >= 4 is 24.2 Å². The van der Waals surface area contributed by atoms with E-state index in [1.807, 2.05) is 12.1 Å². The van der Waals surface area contributed by atoms with Crippen LogP contribution in [0.5, 0.6) is 5.75 Å². The second kappa shape index (κ2) is 4.93. The quantitative estimate of drug-likeness (QED) is 0.712. The van der Waals surface area contributed by atoms with Crippen molar-refractivity contribution in [2.24, 2.45) is 0 Å². The Bertz CT molecular complexity index is 555. The van der Waals surface area contributed by atoms with Crippen molar-refractivity contribution < 1.29 is 9.90 Å². The Labute approximate surface area is 105 Å². The number of anilines is 1. The third-order valence-electron chi connectivity index (χ3n) is 2.26. The molecule has 0 aliphatic rings. The number of rotatable bonds is 2. The summed E-state index contributed by atoms with van der Waals surface area (Å²) >= 11 is 4.24. The van der Waals surface area contributed by atoms with Crippen molar-refractivity contribution in [1.82, 2.24) is 0 Å². The molecule has 0 saturated heterocycles. The molecule has 0 aliphatic carbocycles. The number of phenols is 1. The molecule has 17 heavy (non-hydrogen) atoms. The van der Waals surface area contributed by atoms with Crippen molar-refractivity contribution in [3.8, 4) is 5.75 Å². The number of nitrogens with one attached hydrogen (secondary N) is 1. The van der Waals surface area contributed by atoms with Crippen LogP contribution in [0.2, 0.25) is 0 Å². The molecule has 2 aromatic rings. The molecule has 0 spiro atoms. The van der Waals surface area contributed by atoms with E-state index in [-0.39, 0.29) is 11.7 Å². The normalized spacial score (nSPS) is 9.94. The summed E-state index contributed by atoms with van der Waals surface area (Å²) in [6.07, 6.45) is 0. The predicted molar refractivity (Wildman–Crippen MR) is 69.8 cm³/mol. The highest BCUT2D eigenvalue weighted by Crippen LogP contribution is 2.20. The van der Waals surface area contributed by atoms with Crippen LogP contribution >= 0.6 is 12.6 Å². The van der Waals surface area contributed by atoms with E-state index in [4.69, 9.17) is 0 Å². The number of hydrogen-bond acceptors (Lipinski definition) is 3. The first kappa shape index (κ1) is 11.5. The molecule has 1 amide bonds. The fraction of sp³-hybridized carbons (Fsp3) is 0. The maximum Gasteiger partial charge on any atom is 0.255 e. The number of aromatic hydroxyl groups is 1. The van der Waals surface area contributed by atoms with Crippen molar-refractivity contribution in [2.45, 2.75) is 4.90 Å². The van der Waals surface area contributed by atoms with Gasteiger partial charge >= 0.3 is 0 Å². The number of carbonyl (C=O) groups is 1. The molecular formula is C13H11NO2S. The van der Waals surface area contributed by atoms with Crippen LogP contribution in [0.15, 0.2) is 53.4 Å². The van der Waals surface area contributed by atoms with Crippen LogP contribution < -0.4 is 5.32 Å². The van der Waals surface area contributed by atoms with E-state index in [9.17, 15) is 9.90 Å². The lowest BCUT2D eigenvalue weighted by Crippen LogP contribution is -2.11. The summed E-state index contributed by atoms with van der Waals surface area (Å²) < 4.78 is 0. The van der Waals surface area contributed by atoms with Gasteiger partial charge in [0.15, 0.2) is 0 Å². The number of amides is 1. The molecule has 0 aliphatic heterocycles. The lowest BCUT2D eigenvalue weighted by molar-refractivity contribution is 0.102. The van der Waals surface area contributed by atoms with Crippen LogP contribution in [0.4, 0.5) is 5.69 Å². The molecule has 3 nitrogen and oxygen atoms in total. The monoisotopic (exact) mass is 245 g/mol. The Hall–Kier alpha value is -1.94. The zero-order valence-corrected chi connectivity index (χ0v) is 9.82. The van der Waals surface area contributed by atoms with E-state index in [0.29, 0.717) is 16.1 Å². The summed E-state index contributed by atoms with van der Waals surface area (Å²) in [5.41, 5.74) is 1.05. The van der Waals surface area contributed by atoms with Gasteiger partial charge in [-0.2, -0.15) is 0 Å². The van der Waals surface area contributed by atoms with Crippen molar-refractivity contribution in [2.75, 3.05) is 5.32 Å². The second-order valence-electron chi connectivity index (χ2n) is 3.52. The fourth-order valence-electron chi connectivity index (χ4n) is 1.42. The Kier molecular flexibility index (Phi) is 3.35. The summed E-state index contributed by atoms with van der Waals surface area (Å²) in [5.74, 6) is -0.209. The average molecular weight is 245 g/mol. The van der Waals surface area contributed by atoms with Crippen LogP contribution in [0.25, 0.3) is 0 Å². The number of para-hydroxylation sites is 1. The molecule has 0 fully saturated rings. The van der Waals surface area contributed by atoms with Gasteiger partial charge in [0.25, 0.3) is 5.91 Å². The number of thiol groups is 1. The first-order chi connectivity index (χ1) is 8.16. The third-order valence-corrected chi connectivity index (χ3v) is 2.65. The zero-order valence-electron chi connectivity index (χ0n) is 8.92. The predicted octanol–water partition coefficient (Wildman–Crippen LogP) is 2.93. The Balaban J connectivity index is 2.20. The third kappa shape index (κ3) is 2.79. The largest absolute Gasteiger partial charge is 0.508 e. The Morgan fingerprint density at radius 1 is 1.12 bits per heavy atom. The van der Waals surface area contributed by atoms with Crippen molar-refractivity contribution in [1.29, 1.82) is 0 Å². The van der Waals surface area contributed by atoms with E-state index in [1.165, 1.54) is 12.1 Å². The highest BCUT2D eigenvalue weighted by molar-refractivity contribution is 7.80. The van der Waals surface area contributed by atoms with Crippen LogP contribution in [0.1, 0.15) is 10.4 Å². The van der Waals surface area contributed by atoms with Crippen LogP contribution in [0, 0.1) is 0 Å². The number of carbonyl (C=O) groups excluding carboxylic acids is 1. The van der Waals surface area contributed by atoms with Gasteiger partial charge in [-0.15, -0.1) is 12.6 Å². The van der Waals surface area contributed by atoms with E-state index in [0.717, 1.165) is 0 Å². The molecule has 0 unspecified atom stereocenters. The maximum absolute atomic E-state index is 11.9. The van der Waals surface area contributed by atoms with Crippen LogP contribution in [-0.2, 0) is 0 Å². The van der Waals surface area contributed by atoms with Crippen LogP contribution in [-0.4, -0.2) is 11.0 Å². The molecule has 0 bridgehead atoms. The van der Waals surface area contributed by atoms with E-state index in [1.54, 1.807) is 24.3 Å². The van der Waals surface area contributed by atoms with Crippen molar-refractivity contribution in [3.05, 3.63) is 54.1 Å². The van der Waals surface area contributed by atoms with Gasteiger partial charge in [-0.25, -0.2) is 0 Å². The maximum atomic E-state index is 11.9. The molecule has 4 heteroatoms. The van der Waals surface area contributed by atoms with Gasteiger partial charge in [-0.05, 0) is 30.3 Å². The van der Waals surface area contributed by atoms with Gasteiger partial charge in [0.2, 0.25) is 0 Å². The minimum Gasteiger partial charge on any atom is -0.508 e. The SMILES string of the molecule is O=C(Nc1ccccc1S)c1cccc(O)c1. The topological polar surface area (TPSA) is 49.3 Å². The van der Waals surface area contributed by atoms with Gasteiger partial charge in [0, 0.05) is 10.5 Å². The summed E-state index contributed by atoms with van der Waals surface area (Å²) in [6, 6.07) is 13.4. The summed E-state index contributed by atoms with van der Waals surface area (Å²) in [7, 11) is 0. The second-order valence-corrected chi connectivity index (χ2v) is 4.00. The minimum atomic E-state index is -0.276. The molecule has 0 saturated carbocycles. The number of benzene rings is 2. The minimum absolute atomic E-state index is 0.0665. The molecule has 2 aromatic carbocycles. The lowest BCUT2D eigenvalue weighted by Gasteiger charge is -2.07. The molecule has 2 N–H and O–H groups in total. The first-order valence-corrected chi connectivity index (χ1v) is 5.50. The Morgan fingerprint density at radius 3 is 2.59 bits per heavy atom. The molecule has 0 aromatic heterocycles. The van der Waals surface area contributed by atoms with E-state index in [2.05, 4.69) is 17.9 Å². The van der Waals surface area contributed by atoms with Gasteiger partial charge in [-0.3, -0.25) is 4.79 Å². The zero-order chi connectivity index (χ0) is 12.3. The summed E-state index contributed by atoms with van der Waals surface area (Å²) in [4.78, 5) is 12.6. The molecule has 86 valence electrons. The summed E-state index contributed by atoms with van der Waals surface area (Å²) in [5, 5.41) is 12.0. The molecule has 0 atom stereocenters. The van der Waals surface area contributed by atoms with Gasteiger partial charge in [-0.1, -0.05) is 18.2 Å². The van der Waals surface area contributed by atoms with Gasteiger partial charge < -0.3 is 10.4 Å².